The molecule has 0 saturated carbocycles. The number of unbranched alkanes of at least 4 members (excludes halogenated alkanes) is 3. The minimum absolute atomic E-state index is 0.360. The molecule has 2 aliphatic rings. The second-order valence-corrected chi connectivity index (χ2v) is 6.69. The highest BCUT2D eigenvalue weighted by molar-refractivity contribution is 6.18. The van der Waals surface area contributed by atoms with Gasteiger partial charge < -0.3 is 4.74 Å². The molecule has 0 bridgehead atoms. The summed E-state index contributed by atoms with van der Waals surface area (Å²) in [6, 6.07) is 9.91. The lowest BCUT2D eigenvalue weighted by atomic mass is 9.76. The zero-order chi connectivity index (χ0) is 18.4. The molecule has 4 nitrogen and oxygen atoms in total. The zero-order valence-electron chi connectivity index (χ0n) is 15.2. The van der Waals surface area contributed by atoms with Crippen molar-refractivity contribution in [3.63, 3.8) is 0 Å². The van der Waals surface area contributed by atoms with E-state index in [2.05, 4.69) is 12.2 Å². The molecule has 0 aromatic heterocycles. The maximum atomic E-state index is 12.5. The lowest BCUT2D eigenvalue weighted by Gasteiger charge is -2.37. The third-order valence-electron chi connectivity index (χ3n) is 4.86. The van der Waals surface area contributed by atoms with Crippen LogP contribution in [0.4, 0.5) is 0 Å². The first-order chi connectivity index (χ1) is 12.7. The normalized spacial score (nSPS) is 22.2. The van der Waals surface area contributed by atoms with Crippen molar-refractivity contribution in [3.05, 3.63) is 65.8 Å². The van der Waals surface area contributed by atoms with Gasteiger partial charge in [-0.05, 0) is 17.6 Å². The van der Waals surface area contributed by atoms with Crippen molar-refractivity contribution < 1.29 is 14.3 Å². The summed E-state index contributed by atoms with van der Waals surface area (Å²) in [5.41, 5.74) is 1.40. The van der Waals surface area contributed by atoms with E-state index < -0.39 is 5.60 Å². The molecule has 26 heavy (non-hydrogen) atoms. The average Bonchev–Trinajstić information content (AvgIpc) is 3.01. The van der Waals surface area contributed by atoms with Gasteiger partial charge >= 0.3 is 0 Å². The number of rotatable bonds is 8. The number of hydrogen-bond donors (Lipinski definition) is 1. The minimum atomic E-state index is -0.918. The Labute approximate surface area is 154 Å². The molecule has 1 unspecified atom stereocenters. The molecule has 1 aromatic rings. The lowest BCUT2D eigenvalue weighted by Crippen LogP contribution is -2.41. The number of ether oxygens (including phenoxy) is 1. The monoisotopic (exact) mass is 351 g/mol. The van der Waals surface area contributed by atoms with Crippen molar-refractivity contribution in [2.24, 2.45) is 0 Å². The molecule has 0 saturated heterocycles. The maximum Gasteiger partial charge on any atom is 0.257 e. The highest BCUT2D eigenvalue weighted by atomic mass is 16.5. The quantitative estimate of drug-likeness (QED) is 0.570. The van der Waals surface area contributed by atoms with Gasteiger partial charge in [0, 0.05) is 19.1 Å². The Morgan fingerprint density at radius 3 is 2.58 bits per heavy atom. The largest absolute Gasteiger partial charge is 0.365 e. The molecule has 1 aromatic carbocycles. The van der Waals surface area contributed by atoms with Crippen LogP contribution < -0.4 is 5.32 Å². The van der Waals surface area contributed by atoms with E-state index in [4.69, 9.17) is 4.74 Å². The van der Waals surface area contributed by atoms with Gasteiger partial charge in [0.2, 0.25) is 0 Å². The van der Waals surface area contributed by atoms with E-state index >= 15 is 0 Å². The van der Waals surface area contributed by atoms with Gasteiger partial charge in [-0.25, -0.2) is 0 Å². The van der Waals surface area contributed by atoms with Crippen molar-refractivity contribution in [2.75, 3.05) is 6.61 Å². The average molecular weight is 351 g/mol. The van der Waals surface area contributed by atoms with Crippen molar-refractivity contribution in [3.8, 4) is 0 Å². The zero-order valence-corrected chi connectivity index (χ0v) is 15.2. The van der Waals surface area contributed by atoms with Gasteiger partial charge in [0.05, 0.1) is 5.57 Å². The predicted octanol–water partition coefficient (Wildman–Crippen LogP) is 3.95. The summed E-state index contributed by atoms with van der Waals surface area (Å²) in [5.74, 6) is -0.735. The lowest BCUT2D eigenvalue weighted by molar-refractivity contribution is -0.124. The van der Waals surface area contributed by atoms with Crippen LogP contribution in [0.1, 0.15) is 44.6 Å². The van der Waals surface area contributed by atoms with Gasteiger partial charge in [-0.15, -0.1) is 0 Å². The van der Waals surface area contributed by atoms with E-state index in [0.717, 1.165) is 30.4 Å². The van der Waals surface area contributed by atoms with E-state index in [0.29, 0.717) is 18.6 Å². The fourth-order valence-electron chi connectivity index (χ4n) is 3.55. The molecule has 2 amide bonds. The summed E-state index contributed by atoms with van der Waals surface area (Å²) in [4.78, 5) is 24.3. The topological polar surface area (TPSA) is 55.4 Å². The van der Waals surface area contributed by atoms with Gasteiger partial charge in [0.15, 0.2) is 0 Å². The SMILES string of the molecule is CCCCCCOC1(C2=CC(=O)NC2=O)CC=CC=C1c1ccccc1. The van der Waals surface area contributed by atoms with Crippen molar-refractivity contribution in [1.29, 1.82) is 0 Å². The van der Waals surface area contributed by atoms with Gasteiger partial charge in [-0.2, -0.15) is 0 Å². The maximum absolute atomic E-state index is 12.5. The fourth-order valence-corrected chi connectivity index (χ4v) is 3.55. The smallest absolute Gasteiger partial charge is 0.257 e. The Balaban J connectivity index is 1.96. The molecule has 0 spiro atoms. The Bertz CT molecular complexity index is 761. The Morgan fingerprint density at radius 2 is 1.88 bits per heavy atom. The van der Waals surface area contributed by atoms with Crippen LogP contribution in [-0.2, 0) is 14.3 Å². The van der Waals surface area contributed by atoms with Gasteiger partial charge in [-0.1, -0.05) is 74.7 Å². The molecule has 1 aliphatic heterocycles. The third kappa shape index (κ3) is 3.70. The first kappa shape index (κ1) is 18.3. The van der Waals surface area contributed by atoms with Gasteiger partial charge in [0.1, 0.15) is 5.60 Å². The number of carbonyl (C=O) groups excluding carboxylic acids is 2. The number of amides is 2. The molecule has 1 N–H and O–H groups in total. The summed E-state index contributed by atoms with van der Waals surface area (Å²) in [7, 11) is 0. The van der Waals surface area contributed by atoms with Crippen molar-refractivity contribution in [2.45, 2.75) is 44.6 Å². The molecule has 136 valence electrons. The van der Waals surface area contributed by atoms with E-state index in [9.17, 15) is 9.59 Å². The minimum Gasteiger partial charge on any atom is -0.365 e. The molecule has 0 fully saturated rings. The fraction of sp³-hybridized carbons (Fsp3) is 0.364. The second-order valence-electron chi connectivity index (χ2n) is 6.69. The second kappa shape index (κ2) is 8.28. The van der Waals surface area contributed by atoms with E-state index in [1.165, 1.54) is 12.5 Å². The molecular weight excluding hydrogens is 326 g/mol. The molecular formula is C22H25NO3. The number of allylic oxidation sites excluding steroid dienone is 2. The number of imide groups is 1. The number of nitrogens with one attached hydrogen (secondary N) is 1. The number of benzene rings is 1. The van der Waals surface area contributed by atoms with Crippen LogP contribution >= 0.6 is 0 Å². The highest BCUT2D eigenvalue weighted by Crippen LogP contribution is 2.43. The van der Waals surface area contributed by atoms with Crippen LogP contribution in [0.25, 0.3) is 5.57 Å². The third-order valence-corrected chi connectivity index (χ3v) is 4.86. The van der Waals surface area contributed by atoms with Crippen LogP contribution in [0.15, 0.2) is 60.2 Å². The van der Waals surface area contributed by atoms with Crippen molar-refractivity contribution >= 4 is 17.4 Å². The summed E-state index contributed by atoms with van der Waals surface area (Å²) in [5, 5.41) is 2.37. The first-order valence-electron chi connectivity index (χ1n) is 9.31. The van der Waals surface area contributed by atoms with Crippen LogP contribution in [0.2, 0.25) is 0 Å². The van der Waals surface area contributed by atoms with Crippen LogP contribution in [0.3, 0.4) is 0 Å². The Kier molecular flexibility index (Phi) is 5.84. The highest BCUT2D eigenvalue weighted by Gasteiger charge is 2.45. The number of carbonyl (C=O) groups is 2. The molecule has 1 heterocycles. The van der Waals surface area contributed by atoms with Crippen molar-refractivity contribution in [1.82, 2.24) is 5.32 Å². The summed E-state index contributed by atoms with van der Waals surface area (Å²) >= 11 is 0. The van der Waals surface area contributed by atoms with Crippen LogP contribution in [0.5, 0.6) is 0 Å². The molecule has 1 atom stereocenters. The molecule has 1 aliphatic carbocycles. The Hall–Kier alpha value is -2.46. The molecule has 4 heteroatoms. The first-order valence-corrected chi connectivity index (χ1v) is 9.31. The summed E-state index contributed by atoms with van der Waals surface area (Å²) in [6.45, 7) is 2.72. The predicted molar refractivity (Wildman–Crippen MR) is 102 cm³/mol. The summed E-state index contributed by atoms with van der Waals surface area (Å²) < 4.78 is 6.39. The summed E-state index contributed by atoms with van der Waals surface area (Å²) in [6.07, 6.45) is 12.2. The van der Waals surface area contributed by atoms with Gasteiger partial charge in [0.25, 0.3) is 11.8 Å². The standard InChI is InChI=1S/C22H25NO3/c1-2-3-4-10-15-26-22(19-16-20(24)23-21(19)25)14-9-8-13-18(22)17-11-6-5-7-12-17/h5-9,11-13,16H,2-4,10,14-15H2,1H3,(H,23,24,25). The van der Waals surface area contributed by atoms with E-state index in [-0.39, 0.29) is 11.8 Å². The number of hydrogen-bond acceptors (Lipinski definition) is 3. The molecule has 3 rings (SSSR count). The molecule has 0 radical (unpaired) electrons. The Morgan fingerprint density at radius 1 is 1.08 bits per heavy atom. The van der Waals surface area contributed by atoms with Crippen LogP contribution in [0, 0.1) is 0 Å². The van der Waals surface area contributed by atoms with Crippen LogP contribution in [-0.4, -0.2) is 24.0 Å². The van der Waals surface area contributed by atoms with E-state index in [1.54, 1.807) is 0 Å². The van der Waals surface area contributed by atoms with E-state index in [1.807, 2.05) is 48.6 Å². The van der Waals surface area contributed by atoms with Gasteiger partial charge in [-0.3, -0.25) is 14.9 Å².